The molecule has 8 heteroatoms. The fourth-order valence-corrected chi connectivity index (χ4v) is 5.09. The van der Waals surface area contributed by atoms with Gasteiger partial charge in [0.2, 0.25) is 0 Å². The number of carbonyl (C=O) groups is 1. The smallest absolute Gasteiger partial charge is 0.251 e. The summed E-state index contributed by atoms with van der Waals surface area (Å²) in [5, 5.41) is 4.60. The monoisotopic (exact) mass is 503 g/mol. The molecule has 0 atom stereocenters. The number of carbonyl (C=O) groups excluding carboxylic acids is 1. The van der Waals surface area contributed by atoms with Crippen molar-refractivity contribution in [2.45, 2.75) is 32.0 Å². The summed E-state index contributed by atoms with van der Waals surface area (Å²) in [6, 6.07) is 13.8. The molecule has 3 aromatic rings. The number of hydrogen-bond donors (Lipinski definition) is 1. The third-order valence-corrected chi connectivity index (χ3v) is 7.13. The van der Waals surface area contributed by atoms with Crippen LogP contribution in [-0.4, -0.2) is 61.8 Å². The minimum atomic E-state index is -0.0398. The largest absolute Gasteiger partial charge is 0.497 e. The summed E-state index contributed by atoms with van der Waals surface area (Å²) in [5.41, 5.74) is 2.82. The van der Waals surface area contributed by atoms with Crippen LogP contribution in [0.25, 0.3) is 17.0 Å². The average Bonchev–Trinajstić information content (AvgIpc) is 2.94. The lowest BCUT2D eigenvalue weighted by Crippen LogP contribution is -2.43. The van der Waals surface area contributed by atoms with Gasteiger partial charge < -0.3 is 29.0 Å². The van der Waals surface area contributed by atoms with Crippen molar-refractivity contribution in [3.05, 3.63) is 70.0 Å². The van der Waals surface area contributed by atoms with Crippen molar-refractivity contribution < 1.29 is 19.0 Å². The number of ether oxygens (including phenoxy) is 3. The Hall–Kier alpha value is -3.62. The molecular weight excluding hydrogens is 470 g/mol. The molecule has 0 bridgehead atoms. The molecule has 5 rings (SSSR count). The van der Waals surface area contributed by atoms with Gasteiger partial charge in [-0.3, -0.25) is 9.59 Å². The minimum absolute atomic E-state index is 0.0398. The molecule has 0 unspecified atom stereocenters. The lowest BCUT2D eigenvalue weighted by Gasteiger charge is -2.32. The molecule has 3 heterocycles. The number of hydrogen-bond acceptors (Lipinski definition) is 7. The maximum Gasteiger partial charge on any atom is 0.251 e. The van der Waals surface area contributed by atoms with Crippen LogP contribution in [0.5, 0.6) is 17.2 Å². The number of nitrogens with one attached hydrogen (secondary N) is 1. The van der Waals surface area contributed by atoms with Crippen molar-refractivity contribution >= 4 is 23.3 Å². The van der Waals surface area contributed by atoms with Crippen LogP contribution in [0, 0.1) is 0 Å². The summed E-state index contributed by atoms with van der Waals surface area (Å²) in [6.45, 7) is 5.35. The van der Waals surface area contributed by atoms with Crippen LogP contribution in [-0.2, 0) is 17.9 Å². The predicted octanol–water partition coefficient (Wildman–Crippen LogP) is 3.25. The van der Waals surface area contributed by atoms with Crippen molar-refractivity contribution in [3.63, 3.8) is 0 Å². The van der Waals surface area contributed by atoms with Crippen molar-refractivity contribution in [3.8, 4) is 17.2 Å². The molecule has 2 aliphatic rings. The van der Waals surface area contributed by atoms with Crippen LogP contribution in [0.4, 0.5) is 0 Å². The van der Waals surface area contributed by atoms with Crippen molar-refractivity contribution in [1.29, 1.82) is 0 Å². The van der Waals surface area contributed by atoms with Crippen LogP contribution in [0.2, 0.25) is 0 Å². The number of aromatic nitrogens is 1. The van der Waals surface area contributed by atoms with Gasteiger partial charge in [-0.25, -0.2) is 0 Å². The van der Waals surface area contributed by atoms with E-state index in [1.165, 1.54) is 11.6 Å². The van der Waals surface area contributed by atoms with E-state index in [1.54, 1.807) is 19.3 Å². The Bertz CT molecular complexity index is 1340. The number of fused-ring (bicyclic) bond motifs is 2. The summed E-state index contributed by atoms with van der Waals surface area (Å²) in [7, 11) is 1.60. The van der Waals surface area contributed by atoms with E-state index >= 15 is 0 Å². The summed E-state index contributed by atoms with van der Waals surface area (Å²) in [6.07, 6.45) is 6.06. The highest BCUT2D eigenvalue weighted by Crippen LogP contribution is 2.31. The van der Waals surface area contributed by atoms with Crippen LogP contribution in [0.1, 0.15) is 24.0 Å². The standard InChI is InChI=1S/C29H33N3O5/c1-35-24-18-22(3-2-14-33)25-5-7-29(34)32(26(25)19-24)13-12-31-10-8-23(9-11-31)30-20-21-4-6-27-28(17-21)37-16-15-36-27/h2-7,14,17-19,23,30H,8-13,15-16,20H2,1H3/b3-2+. The molecular formula is C29H33N3O5. The summed E-state index contributed by atoms with van der Waals surface area (Å²) in [4.78, 5) is 26.1. The van der Waals surface area contributed by atoms with Crippen molar-refractivity contribution in [2.24, 2.45) is 0 Å². The lowest BCUT2D eigenvalue weighted by atomic mass is 10.0. The van der Waals surface area contributed by atoms with Gasteiger partial charge in [0.25, 0.3) is 5.56 Å². The first kappa shape index (κ1) is 25.0. The highest BCUT2D eigenvalue weighted by atomic mass is 16.6. The summed E-state index contributed by atoms with van der Waals surface area (Å²) in [5.74, 6) is 2.30. The number of rotatable bonds is 9. The Morgan fingerprint density at radius 2 is 1.84 bits per heavy atom. The van der Waals surface area contributed by atoms with Gasteiger partial charge in [0, 0.05) is 43.2 Å². The molecule has 0 aliphatic carbocycles. The number of likely N-dealkylation sites (tertiary alicyclic amines) is 1. The maximum atomic E-state index is 12.8. The summed E-state index contributed by atoms with van der Waals surface area (Å²) >= 11 is 0. The van der Waals surface area contributed by atoms with Gasteiger partial charge in [0.05, 0.1) is 12.6 Å². The van der Waals surface area contributed by atoms with Crippen LogP contribution in [0.15, 0.2) is 53.3 Å². The van der Waals surface area contributed by atoms with Gasteiger partial charge in [0.1, 0.15) is 25.2 Å². The number of pyridine rings is 1. The summed E-state index contributed by atoms with van der Waals surface area (Å²) < 4.78 is 18.6. The van der Waals surface area contributed by atoms with E-state index in [2.05, 4.69) is 22.3 Å². The van der Waals surface area contributed by atoms with E-state index in [-0.39, 0.29) is 5.56 Å². The third kappa shape index (κ3) is 5.87. The number of methoxy groups -OCH3 is 1. The zero-order valence-electron chi connectivity index (χ0n) is 21.2. The van der Waals surface area contributed by atoms with Crippen LogP contribution in [0.3, 0.4) is 0 Å². The molecule has 1 saturated heterocycles. The number of nitrogens with zero attached hydrogens (tertiary/aromatic N) is 2. The Morgan fingerprint density at radius 1 is 1.03 bits per heavy atom. The minimum Gasteiger partial charge on any atom is -0.497 e. The second-order valence-corrected chi connectivity index (χ2v) is 9.44. The van der Waals surface area contributed by atoms with E-state index < -0.39 is 0 Å². The number of benzene rings is 2. The first-order valence-corrected chi connectivity index (χ1v) is 12.8. The Morgan fingerprint density at radius 3 is 2.62 bits per heavy atom. The van der Waals surface area contributed by atoms with Gasteiger partial charge in [-0.05, 0) is 67.4 Å². The molecule has 0 spiro atoms. The Kier molecular flexibility index (Phi) is 7.87. The zero-order valence-corrected chi connectivity index (χ0v) is 21.2. The molecule has 37 heavy (non-hydrogen) atoms. The van der Waals surface area contributed by atoms with E-state index in [9.17, 15) is 9.59 Å². The second-order valence-electron chi connectivity index (χ2n) is 9.44. The normalized spacial score (nSPS) is 16.4. The number of aldehydes is 1. The quantitative estimate of drug-likeness (QED) is 0.355. The lowest BCUT2D eigenvalue weighted by molar-refractivity contribution is -0.104. The highest BCUT2D eigenvalue weighted by Gasteiger charge is 2.20. The topological polar surface area (TPSA) is 82.0 Å². The SMILES string of the molecule is COc1cc(/C=C/C=O)c2ccc(=O)n(CCN3CCC(NCc4ccc5c(c4)OCCO5)CC3)c2c1. The van der Waals surface area contributed by atoms with E-state index in [1.807, 2.05) is 28.8 Å². The fourth-order valence-electron chi connectivity index (χ4n) is 5.09. The van der Waals surface area contributed by atoms with Gasteiger partial charge in [-0.2, -0.15) is 0 Å². The molecule has 2 aliphatic heterocycles. The first-order valence-electron chi connectivity index (χ1n) is 12.8. The van der Waals surface area contributed by atoms with Crippen LogP contribution < -0.4 is 25.1 Å². The fraction of sp³-hybridized carbons (Fsp3) is 0.379. The van der Waals surface area contributed by atoms with Gasteiger partial charge in [-0.1, -0.05) is 12.1 Å². The number of piperidine rings is 1. The first-order chi connectivity index (χ1) is 18.1. The second kappa shape index (κ2) is 11.6. The van der Waals surface area contributed by atoms with Gasteiger partial charge in [-0.15, -0.1) is 0 Å². The predicted molar refractivity (Wildman–Crippen MR) is 144 cm³/mol. The molecule has 0 radical (unpaired) electrons. The maximum absolute atomic E-state index is 12.8. The molecule has 2 aromatic carbocycles. The van der Waals surface area contributed by atoms with E-state index in [4.69, 9.17) is 14.2 Å². The van der Waals surface area contributed by atoms with Crippen molar-refractivity contribution in [2.75, 3.05) is 40.0 Å². The zero-order chi connectivity index (χ0) is 25.6. The highest BCUT2D eigenvalue weighted by molar-refractivity contribution is 5.91. The molecule has 1 aromatic heterocycles. The Balaban J connectivity index is 1.19. The molecule has 194 valence electrons. The van der Waals surface area contributed by atoms with Crippen molar-refractivity contribution in [1.82, 2.24) is 14.8 Å². The van der Waals surface area contributed by atoms with E-state index in [0.29, 0.717) is 31.5 Å². The molecule has 0 amide bonds. The number of allylic oxidation sites excluding steroid dienone is 1. The van der Waals surface area contributed by atoms with Crippen LogP contribution >= 0.6 is 0 Å². The average molecular weight is 504 g/mol. The molecule has 0 saturated carbocycles. The molecule has 1 N–H and O–H groups in total. The Labute approximate surface area is 216 Å². The molecule has 8 nitrogen and oxygen atoms in total. The molecule has 1 fully saturated rings. The van der Waals surface area contributed by atoms with E-state index in [0.717, 1.165) is 73.3 Å². The van der Waals surface area contributed by atoms with Gasteiger partial charge in [0.15, 0.2) is 11.5 Å². The third-order valence-electron chi connectivity index (χ3n) is 7.13. The van der Waals surface area contributed by atoms with Gasteiger partial charge >= 0.3 is 0 Å².